The third kappa shape index (κ3) is 4.75. The second-order valence-corrected chi connectivity index (χ2v) is 9.95. The molecular weight excluding hydrogens is 402 g/mol. The van der Waals surface area contributed by atoms with Crippen molar-refractivity contribution in [2.75, 3.05) is 6.61 Å². The van der Waals surface area contributed by atoms with Crippen LogP contribution < -0.4 is 4.74 Å². The van der Waals surface area contributed by atoms with E-state index in [2.05, 4.69) is 72.9 Å². The van der Waals surface area contributed by atoms with Gasteiger partial charge < -0.3 is 9.57 Å². The highest BCUT2D eigenvalue weighted by atomic mass is 32.1. The van der Waals surface area contributed by atoms with Crippen LogP contribution in [-0.4, -0.2) is 17.9 Å². The van der Waals surface area contributed by atoms with Gasteiger partial charge in [0.15, 0.2) is 0 Å². The number of ether oxygens (including phenoxy) is 1. The van der Waals surface area contributed by atoms with Crippen molar-refractivity contribution in [3.63, 3.8) is 0 Å². The molecule has 3 aromatic rings. The third-order valence-electron chi connectivity index (χ3n) is 5.02. The largest absolute Gasteiger partial charge is 0.490 e. The Bertz CT molecular complexity index is 1130. The molecule has 0 amide bonds. The molecule has 2 aromatic carbocycles. The summed E-state index contributed by atoms with van der Waals surface area (Å²) < 4.78 is 6.04. The van der Waals surface area contributed by atoms with Crippen LogP contribution in [0.5, 0.6) is 5.75 Å². The van der Waals surface area contributed by atoms with Crippen LogP contribution in [0.4, 0.5) is 0 Å². The van der Waals surface area contributed by atoms with Crippen LogP contribution in [-0.2, 0) is 4.84 Å². The first-order chi connectivity index (χ1) is 14.8. The number of fused-ring (bicyclic) bond motifs is 3. The molecule has 0 fully saturated rings. The number of oxime groups is 1. The Labute approximate surface area is 189 Å². The van der Waals surface area contributed by atoms with Gasteiger partial charge in [-0.2, -0.15) is 0 Å². The minimum atomic E-state index is -0.347. The van der Waals surface area contributed by atoms with Crippen molar-refractivity contribution in [3.8, 4) is 16.9 Å². The Hall–Kier alpha value is -2.85. The lowest BCUT2D eigenvalue weighted by molar-refractivity contribution is 0.00121. The van der Waals surface area contributed by atoms with Gasteiger partial charge in [0.05, 0.1) is 0 Å². The van der Waals surface area contributed by atoms with Gasteiger partial charge >= 0.3 is 0 Å². The average Bonchev–Trinajstić information content (AvgIpc) is 3.31. The Balaban J connectivity index is 1.54. The molecule has 1 heterocycles. The summed E-state index contributed by atoms with van der Waals surface area (Å²) in [7, 11) is 0. The molecule has 0 atom stereocenters. The molecule has 3 nitrogen and oxygen atoms in total. The molecule has 0 aliphatic heterocycles. The van der Waals surface area contributed by atoms with Gasteiger partial charge in [0.25, 0.3) is 0 Å². The minimum Gasteiger partial charge on any atom is -0.490 e. The highest BCUT2D eigenvalue weighted by Crippen LogP contribution is 2.39. The molecule has 0 saturated heterocycles. The lowest BCUT2D eigenvalue weighted by atomic mass is 10.1. The molecule has 1 aromatic heterocycles. The molecular formula is C27H29NO2S. The van der Waals surface area contributed by atoms with Gasteiger partial charge in [0, 0.05) is 16.0 Å². The van der Waals surface area contributed by atoms with Crippen LogP contribution in [0.3, 0.4) is 0 Å². The van der Waals surface area contributed by atoms with Crippen molar-refractivity contribution in [1.82, 2.24) is 0 Å². The van der Waals surface area contributed by atoms with Crippen LogP contribution in [0.15, 0.2) is 65.1 Å². The van der Waals surface area contributed by atoms with Gasteiger partial charge in [-0.25, -0.2) is 0 Å². The van der Waals surface area contributed by atoms with E-state index >= 15 is 0 Å². The summed E-state index contributed by atoms with van der Waals surface area (Å²) in [6, 6.07) is 16.7. The smallest absolute Gasteiger partial charge is 0.129 e. The van der Waals surface area contributed by atoms with Crippen LogP contribution >= 0.6 is 11.3 Å². The van der Waals surface area contributed by atoms with E-state index in [1.165, 1.54) is 16.0 Å². The Kier molecular flexibility index (Phi) is 6.01. The summed E-state index contributed by atoms with van der Waals surface area (Å²) in [5.74, 6) is 1.36. The van der Waals surface area contributed by atoms with E-state index in [9.17, 15) is 0 Å². The van der Waals surface area contributed by atoms with E-state index in [0.29, 0.717) is 12.5 Å². The standard InChI is InChI=1S/C27H29NO2S/c1-18(2)26-19(14-16-31-26)9-8-15-29-20-12-13-22-21-10-6-7-11-23(21)25(24(22)17-20)28-30-27(3,4)5/h6-14,16-18H,15H2,1-5H3/b9-8+,28-25+. The number of hydrogen-bond donors (Lipinski definition) is 0. The number of rotatable bonds is 6. The van der Waals surface area contributed by atoms with E-state index in [-0.39, 0.29) is 5.60 Å². The van der Waals surface area contributed by atoms with E-state index < -0.39 is 0 Å². The summed E-state index contributed by atoms with van der Waals surface area (Å²) in [5, 5.41) is 6.67. The van der Waals surface area contributed by atoms with Crippen molar-refractivity contribution < 1.29 is 9.57 Å². The molecule has 0 bridgehead atoms. The van der Waals surface area contributed by atoms with Crippen molar-refractivity contribution >= 4 is 23.1 Å². The Morgan fingerprint density at radius 2 is 1.71 bits per heavy atom. The maximum Gasteiger partial charge on any atom is 0.129 e. The molecule has 0 spiro atoms. The number of benzene rings is 2. The fourth-order valence-electron chi connectivity index (χ4n) is 3.65. The monoisotopic (exact) mass is 431 g/mol. The van der Waals surface area contributed by atoms with Crippen LogP contribution in [0.2, 0.25) is 0 Å². The van der Waals surface area contributed by atoms with Gasteiger partial charge in [0.1, 0.15) is 23.7 Å². The molecule has 4 rings (SSSR count). The molecule has 0 saturated carbocycles. The summed E-state index contributed by atoms with van der Waals surface area (Å²) in [4.78, 5) is 7.18. The molecule has 160 valence electrons. The van der Waals surface area contributed by atoms with E-state index in [0.717, 1.165) is 28.2 Å². The van der Waals surface area contributed by atoms with Gasteiger partial charge in [-0.05, 0) is 79.1 Å². The molecule has 4 heteroatoms. The van der Waals surface area contributed by atoms with E-state index in [1.807, 2.05) is 44.2 Å². The predicted molar refractivity (Wildman–Crippen MR) is 131 cm³/mol. The summed E-state index contributed by atoms with van der Waals surface area (Å²) in [6.07, 6.45) is 4.23. The first kappa shape index (κ1) is 21.4. The molecule has 1 aliphatic carbocycles. The first-order valence-corrected chi connectivity index (χ1v) is 11.6. The van der Waals surface area contributed by atoms with E-state index in [4.69, 9.17) is 9.57 Å². The van der Waals surface area contributed by atoms with Gasteiger partial charge in [-0.15, -0.1) is 11.3 Å². The Morgan fingerprint density at radius 1 is 0.968 bits per heavy atom. The van der Waals surface area contributed by atoms with Crippen molar-refractivity contribution in [3.05, 3.63) is 81.6 Å². The number of nitrogens with zero attached hydrogens (tertiary/aromatic N) is 1. The maximum atomic E-state index is 6.04. The zero-order valence-corrected chi connectivity index (χ0v) is 19.6. The number of hydrogen-bond acceptors (Lipinski definition) is 4. The van der Waals surface area contributed by atoms with Crippen LogP contribution in [0.1, 0.15) is 62.1 Å². The summed E-state index contributed by atoms with van der Waals surface area (Å²) in [5.41, 5.74) is 6.28. The molecule has 0 radical (unpaired) electrons. The SMILES string of the molecule is CC(C)c1sccc1/C=C/COc1ccc2c(c1)/C(=N/OC(C)(C)C)c1ccccc1-2. The molecule has 31 heavy (non-hydrogen) atoms. The van der Waals surface area contributed by atoms with E-state index in [1.54, 1.807) is 0 Å². The maximum absolute atomic E-state index is 6.04. The van der Waals surface area contributed by atoms with Gasteiger partial charge in [-0.1, -0.05) is 49.3 Å². The highest BCUT2D eigenvalue weighted by Gasteiger charge is 2.26. The average molecular weight is 432 g/mol. The lowest BCUT2D eigenvalue weighted by Crippen LogP contribution is -2.17. The lowest BCUT2D eigenvalue weighted by Gasteiger charge is -2.16. The highest BCUT2D eigenvalue weighted by molar-refractivity contribution is 7.10. The second-order valence-electron chi connectivity index (χ2n) is 9.00. The minimum absolute atomic E-state index is 0.347. The van der Waals surface area contributed by atoms with Gasteiger partial charge in [-0.3, -0.25) is 0 Å². The first-order valence-electron chi connectivity index (χ1n) is 10.7. The van der Waals surface area contributed by atoms with Crippen molar-refractivity contribution in [2.45, 2.75) is 46.1 Å². The van der Waals surface area contributed by atoms with Crippen LogP contribution in [0, 0.1) is 0 Å². The topological polar surface area (TPSA) is 30.8 Å². The Morgan fingerprint density at radius 3 is 2.45 bits per heavy atom. The molecule has 1 aliphatic rings. The number of thiophene rings is 1. The normalized spacial score (nSPS) is 14.3. The fraction of sp³-hybridized carbons (Fsp3) is 0.296. The summed E-state index contributed by atoms with van der Waals surface area (Å²) >= 11 is 1.81. The van der Waals surface area contributed by atoms with Crippen molar-refractivity contribution in [2.24, 2.45) is 5.16 Å². The predicted octanol–water partition coefficient (Wildman–Crippen LogP) is 7.51. The summed E-state index contributed by atoms with van der Waals surface area (Å²) in [6.45, 7) is 11.0. The second kappa shape index (κ2) is 8.72. The third-order valence-corrected chi connectivity index (χ3v) is 6.26. The fourth-order valence-corrected chi connectivity index (χ4v) is 4.56. The zero-order valence-electron chi connectivity index (χ0n) is 18.8. The van der Waals surface area contributed by atoms with Crippen molar-refractivity contribution in [1.29, 1.82) is 0 Å². The van der Waals surface area contributed by atoms with Crippen LogP contribution in [0.25, 0.3) is 17.2 Å². The molecule has 0 N–H and O–H groups in total. The van der Waals surface area contributed by atoms with Gasteiger partial charge in [0.2, 0.25) is 0 Å². The quantitative estimate of drug-likeness (QED) is 0.296. The zero-order chi connectivity index (χ0) is 22.0. The molecule has 0 unspecified atom stereocenters.